The summed E-state index contributed by atoms with van der Waals surface area (Å²) in [5, 5.41) is 18.8. The van der Waals surface area contributed by atoms with Crippen molar-refractivity contribution in [3.8, 4) is 11.5 Å². The van der Waals surface area contributed by atoms with Gasteiger partial charge in [-0.1, -0.05) is 48.9 Å². The molecule has 2 aromatic carbocycles. The maximum Gasteiger partial charge on any atom is 0.339 e. The molecular formula is C24H24Cl2O8. The fourth-order valence-electron chi connectivity index (χ4n) is 3.11. The molecule has 0 aliphatic carbocycles. The van der Waals surface area contributed by atoms with Crippen molar-refractivity contribution in [2.75, 3.05) is 0 Å². The van der Waals surface area contributed by atoms with Gasteiger partial charge in [0.15, 0.2) is 0 Å². The van der Waals surface area contributed by atoms with Gasteiger partial charge in [0.25, 0.3) is 0 Å². The third-order valence-corrected chi connectivity index (χ3v) is 5.27. The van der Waals surface area contributed by atoms with Crippen LogP contribution in [-0.4, -0.2) is 34.1 Å². The molecule has 2 rings (SSSR count). The molecule has 8 nitrogen and oxygen atoms in total. The summed E-state index contributed by atoms with van der Waals surface area (Å²) in [5.74, 6) is -3.58. The lowest BCUT2D eigenvalue weighted by Crippen LogP contribution is -2.11. The first-order valence-corrected chi connectivity index (χ1v) is 11.4. The minimum absolute atomic E-state index is 0.0390. The number of halogens is 2. The Kier molecular flexibility index (Phi) is 10.8. The maximum absolute atomic E-state index is 12.0. The molecule has 0 unspecified atom stereocenters. The summed E-state index contributed by atoms with van der Waals surface area (Å²) in [6, 6.07) is 8.06. The van der Waals surface area contributed by atoms with E-state index in [1.54, 1.807) is 0 Å². The quantitative estimate of drug-likeness (QED) is 0.190. The molecule has 0 bridgehead atoms. The second-order valence-electron chi connectivity index (χ2n) is 7.46. The number of rotatable bonds is 13. The summed E-state index contributed by atoms with van der Waals surface area (Å²) >= 11 is 11.5. The first-order valence-electron chi connectivity index (χ1n) is 10.6. The average molecular weight is 511 g/mol. The van der Waals surface area contributed by atoms with Crippen LogP contribution < -0.4 is 9.47 Å². The summed E-state index contributed by atoms with van der Waals surface area (Å²) in [6.45, 7) is 0. The summed E-state index contributed by atoms with van der Waals surface area (Å²) in [6.07, 6.45) is 4.74. The van der Waals surface area contributed by atoms with Crippen LogP contribution in [0.3, 0.4) is 0 Å². The fourth-order valence-corrected chi connectivity index (χ4v) is 3.45. The molecule has 34 heavy (non-hydrogen) atoms. The average Bonchev–Trinajstić information content (AvgIpc) is 2.77. The molecule has 0 saturated heterocycles. The second kappa shape index (κ2) is 13.6. The van der Waals surface area contributed by atoms with Crippen LogP contribution in [0.2, 0.25) is 10.0 Å². The predicted octanol–water partition coefficient (Wildman–Crippen LogP) is 6.02. The third-order valence-electron chi connectivity index (χ3n) is 4.80. The number of carboxylic acids is 2. The van der Waals surface area contributed by atoms with Gasteiger partial charge in [-0.25, -0.2) is 9.59 Å². The van der Waals surface area contributed by atoms with Crippen LogP contribution in [0.15, 0.2) is 36.4 Å². The van der Waals surface area contributed by atoms with Crippen molar-refractivity contribution in [3.63, 3.8) is 0 Å². The first-order chi connectivity index (χ1) is 16.2. The number of benzene rings is 2. The fraction of sp³-hybridized carbons (Fsp3) is 0.333. The van der Waals surface area contributed by atoms with Crippen LogP contribution in [0.4, 0.5) is 0 Å². The van der Waals surface area contributed by atoms with Gasteiger partial charge in [0.2, 0.25) is 0 Å². The van der Waals surface area contributed by atoms with Crippen molar-refractivity contribution in [2.24, 2.45) is 0 Å². The number of carbonyl (C=O) groups excluding carboxylic acids is 2. The molecule has 0 spiro atoms. The number of carbonyl (C=O) groups is 4. The summed E-state index contributed by atoms with van der Waals surface area (Å²) in [5.41, 5.74) is -0.343. The van der Waals surface area contributed by atoms with E-state index >= 15 is 0 Å². The SMILES string of the molecule is O=C(CCCCCCCCC(=O)Oc1ccc(Cl)cc1C(=O)O)Oc1ccc(Cl)cc1C(=O)O. The van der Waals surface area contributed by atoms with E-state index in [1.807, 2.05) is 0 Å². The van der Waals surface area contributed by atoms with E-state index in [9.17, 15) is 19.2 Å². The molecule has 0 amide bonds. The molecular weight excluding hydrogens is 487 g/mol. The lowest BCUT2D eigenvalue weighted by Gasteiger charge is -2.08. The minimum Gasteiger partial charge on any atom is -0.478 e. The zero-order chi connectivity index (χ0) is 25.1. The Morgan fingerprint density at radius 3 is 1.32 bits per heavy atom. The van der Waals surface area contributed by atoms with Crippen LogP contribution in [0.25, 0.3) is 0 Å². The Bertz CT molecular complexity index is 968. The Morgan fingerprint density at radius 1 is 0.618 bits per heavy atom. The predicted molar refractivity (Wildman–Crippen MR) is 125 cm³/mol. The molecule has 0 atom stereocenters. The van der Waals surface area contributed by atoms with Gasteiger partial charge in [-0.05, 0) is 49.2 Å². The highest BCUT2D eigenvalue weighted by molar-refractivity contribution is 6.31. The second-order valence-corrected chi connectivity index (χ2v) is 8.33. The van der Waals surface area contributed by atoms with Gasteiger partial charge in [-0.2, -0.15) is 0 Å². The minimum atomic E-state index is -1.23. The molecule has 2 N–H and O–H groups in total. The van der Waals surface area contributed by atoms with Crippen LogP contribution in [-0.2, 0) is 9.59 Å². The molecule has 10 heteroatoms. The molecule has 0 heterocycles. The molecule has 0 fully saturated rings. The Hall–Kier alpha value is -3.10. The van der Waals surface area contributed by atoms with Crippen molar-refractivity contribution < 1.29 is 38.9 Å². The molecule has 2 aromatic rings. The Balaban J connectivity index is 1.60. The topological polar surface area (TPSA) is 127 Å². The number of aromatic carboxylic acids is 2. The highest BCUT2D eigenvalue weighted by Crippen LogP contribution is 2.25. The van der Waals surface area contributed by atoms with Crippen molar-refractivity contribution in [1.29, 1.82) is 0 Å². The van der Waals surface area contributed by atoms with Crippen molar-refractivity contribution >= 4 is 47.1 Å². The highest BCUT2D eigenvalue weighted by atomic mass is 35.5. The number of ether oxygens (including phenoxy) is 2. The van der Waals surface area contributed by atoms with E-state index in [2.05, 4.69) is 0 Å². The summed E-state index contributed by atoms with van der Waals surface area (Å²) < 4.78 is 10.3. The largest absolute Gasteiger partial charge is 0.478 e. The van der Waals surface area contributed by atoms with Gasteiger partial charge in [0.1, 0.15) is 22.6 Å². The standard InChI is InChI=1S/C24H24Cl2O8/c25-15-9-11-19(17(13-15)23(29)30)33-21(27)7-5-3-1-2-4-6-8-22(28)34-20-12-10-16(26)14-18(20)24(31)32/h9-14H,1-8H2,(H,29,30)(H,31,32). The molecule has 182 valence electrons. The normalized spacial score (nSPS) is 10.5. The van der Waals surface area contributed by atoms with Crippen LogP contribution >= 0.6 is 23.2 Å². The lowest BCUT2D eigenvalue weighted by molar-refractivity contribution is -0.135. The smallest absolute Gasteiger partial charge is 0.339 e. The molecule has 0 saturated carbocycles. The van der Waals surface area contributed by atoms with Gasteiger partial charge in [-0.3, -0.25) is 9.59 Å². The molecule has 0 radical (unpaired) electrons. The number of carboxylic acid groups (broad SMARTS) is 2. The van der Waals surface area contributed by atoms with Crippen LogP contribution in [0, 0.1) is 0 Å². The van der Waals surface area contributed by atoms with E-state index < -0.39 is 23.9 Å². The number of hydrogen-bond donors (Lipinski definition) is 2. The molecule has 0 aromatic heterocycles. The van der Waals surface area contributed by atoms with Gasteiger partial charge in [0.05, 0.1) is 0 Å². The van der Waals surface area contributed by atoms with E-state index in [4.69, 9.17) is 42.9 Å². The highest BCUT2D eigenvalue weighted by Gasteiger charge is 2.16. The Labute approximate surface area is 206 Å². The zero-order valence-electron chi connectivity index (χ0n) is 18.2. The number of unbranched alkanes of at least 4 members (excludes halogenated alkanes) is 5. The third kappa shape index (κ3) is 9.03. The van der Waals surface area contributed by atoms with E-state index in [-0.39, 0.29) is 45.5 Å². The van der Waals surface area contributed by atoms with Crippen LogP contribution in [0.5, 0.6) is 11.5 Å². The van der Waals surface area contributed by atoms with Gasteiger partial charge >= 0.3 is 23.9 Å². The van der Waals surface area contributed by atoms with Crippen molar-refractivity contribution in [3.05, 3.63) is 57.6 Å². The van der Waals surface area contributed by atoms with Crippen molar-refractivity contribution in [1.82, 2.24) is 0 Å². The summed E-state index contributed by atoms with van der Waals surface area (Å²) in [4.78, 5) is 46.4. The van der Waals surface area contributed by atoms with E-state index in [0.717, 1.165) is 25.7 Å². The van der Waals surface area contributed by atoms with Gasteiger partial charge < -0.3 is 19.7 Å². The Morgan fingerprint density at radius 2 is 0.971 bits per heavy atom. The first kappa shape index (κ1) is 27.1. The molecule has 0 aliphatic heterocycles. The molecule has 0 aliphatic rings. The van der Waals surface area contributed by atoms with Gasteiger partial charge in [-0.15, -0.1) is 0 Å². The lowest BCUT2D eigenvalue weighted by atomic mass is 10.1. The zero-order valence-corrected chi connectivity index (χ0v) is 19.7. The van der Waals surface area contributed by atoms with Crippen LogP contribution in [0.1, 0.15) is 72.1 Å². The van der Waals surface area contributed by atoms with Gasteiger partial charge in [0, 0.05) is 22.9 Å². The monoisotopic (exact) mass is 510 g/mol. The number of hydrogen-bond acceptors (Lipinski definition) is 6. The van der Waals surface area contributed by atoms with E-state index in [1.165, 1.54) is 36.4 Å². The van der Waals surface area contributed by atoms with Crippen molar-refractivity contribution in [2.45, 2.75) is 51.4 Å². The summed E-state index contributed by atoms with van der Waals surface area (Å²) in [7, 11) is 0. The van der Waals surface area contributed by atoms with E-state index in [0.29, 0.717) is 12.8 Å². The maximum atomic E-state index is 12.0. The number of esters is 2.